The molecule has 2 aliphatic rings. The van der Waals surface area contributed by atoms with Crippen LogP contribution in [-0.4, -0.2) is 57.9 Å². The monoisotopic (exact) mass is 488 g/mol. The van der Waals surface area contributed by atoms with Gasteiger partial charge >= 0.3 is 5.69 Å². The SMILES string of the molecule is C=CC(=O)N1CC2C(C1)C2Cn1cc(N/C(=C/CC)C(=NC)OC)c2ncc(Cl)n2c1=O.CC. The van der Waals surface area contributed by atoms with Crippen LogP contribution in [0.5, 0.6) is 0 Å². The van der Waals surface area contributed by atoms with Crippen molar-refractivity contribution in [2.24, 2.45) is 22.7 Å². The molecule has 4 rings (SSSR count). The van der Waals surface area contributed by atoms with Crippen LogP contribution in [0.15, 0.2) is 46.6 Å². The Balaban J connectivity index is 0.00000158. The molecular weight excluding hydrogens is 456 g/mol. The largest absolute Gasteiger partial charge is 0.480 e. The topological polar surface area (TPSA) is 93.2 Å². The summed E-state index contributed by atoms with van der Waals surface area (Å²) in [7, 11) is 3.21. The van der Waals surface area contributed by atoms with Gasteiger partial charge in [-0.25, -0.2) is 14.2 Å². The summed E-state index contributed by atoms with van der Waals surface area (Å²) in [6.45, 7) is 11.5. The number of allylic oxidation sites excluding steroid dienone is 1. The number of carbonyl (C=O) groups excluding carboxylic acids is 1. The van der Waals surface area contributed by atoms with Gasteiger partial charge in [0.25, 0.3) is 0 Å². The van der Waals surface area contributed by atoms with E-state index in [4.69, 9.17) is 16.3 Å². The van der Waals surface area contributed by atoms with Crippen molar-refractivity contribution in [2.45, 2.75) is 33.7 Å². The van der Waals surface area contributed by atoms with E-state index in [1.54, 1.807) is 24.9 Å². The van der Waals surface area contributed by atoms with Gasteiger partial charge in [0.05, 0.1) is 24.7 Å². The Morgan fingerprint density at radius 2 is 2.06 bits per heavy atom. The second-order valence-electron chi connectivity index (χ2n) is 8.04. The smallest absolute Gasteiger partial charge is 0.335 e. The van der Waals surface area contributed by atoms with E-state index in [1.165, 1.54) is 16.7 Å². The Labute approximate surface area is 204 Å². The van der Waals surface area contributed by atoms with E-state index < -0.39 is 0 Å². The molecule has 184 valence electrons. The number of likely N-dealkylation sites (tertiary alicyclic amines) is 1. The fourth-order valence-electron chi connectivity index (χ4n) is 4.64. The third-order valence-electron chi connectivity index (χ3n) is 6.25. The number of hydrogen-bond donors (Lipinski definition) is 1. The summed E-state index contributed by atoms with van der Waals surface area (Å²) in [5.41, 5.74) is 1.51. The summed E-state index contributed by atoms with van der Waals surface area (Å²) in [6.07, 6.45) is 7.31. The predicted molar refractivity (Wildman–Crippen MR) is 135 cm³/mol. The average Bonchev–Trinajstić information content (AvgIpc) is 3.17. The average molecular weight is 489 g/mol. The van der Waals surface area contributed by atoms with Gasteiger partial charge in [-0.1, -0.05) is 45.0 Å². The molecule has 1 aliphatic heterocycles. The minimum atomic E-state index is -0.241. The Morgan fingerprint density at radius 3 is 2.62 bits per heavy atom. The van der Waals surface area contributed by atoms with Crippen LogP contribution in [0.1, 0.15) is 27.2 Å². The Bertz CT molecular complexity index is 1170. The molecule has 2 fully saturated rings. The number of fused-ring (bicyclic) bond motifs is 2. The van der Waals surface area contributed by atoms with Gasteiger partial charge in [0.15, 0.2) is 5.65 Å². The number of anilines is 1. The van der Waals surface area contributed by atoms with Crippen LogP contribution in [0.4, 0.5) is 5.69 Å². The normalized spacial score (nSPS) is 21.6. The van der Waals surface area contributed by atoms with Crippen molar-refractivity contribution in [1.82, 2.24) is 18.9 Å². The predicted octanol–water partition coefficient (Wildman–Crippen LogP) is 3.45. The van der Waals surface area contributed by atoms with Crippen LogP contribution >= 0.6 is 11.6 Å². The maximum absolute atomic E-state index is 13.2. The van der Waals surface area contributed by atoms with Gasteiger partial charge in [-0.2, -0.15) is 0 Å². The fraction of sp³-hybridized carbons (Fsp3) is 0.500. The lowest BCUT2D eigenvalue weighted by atomic mass is 10.2. The first-order chi connectivity index (χ1) is 16.4. The molecule has 2 unspecified atom stereocenters. The quantitative estimate of drug-likeness (QED) is 0.366. The summed E-state index contributed by atoms with van der Waals surface area (Å²) in [5, 5.41) is 3.57. The molecule has 10 heteroatoms. The number of halogens is 1. The lowest BCUT2D eigenvalue weighted by Crippen LogP contribution is -2.32. The number of hydrogen-bond acceptors (Lipinski definition) is 6. The second-order valence-corrected chi connectivity index (χ2v) is 8.43. The highest BCUT2D eigenvalue weighted by Crippen LogP contribution is 2.52. The number of aromatic nitrogens is 3. The van der Waals surface area contributed by atoms with E-state index >= 15 is 0 Å². The Kier molecular flexibility index (Phi) is 8.19. The third kappa shape index (κ3) is 4.75. The summed E-state index contributed by atoms with van der Waals surface area (Å²) >= 11 is 6.30. The van der Waals surface area contributed by atoms with Crippen LogP contribution in [-0.2, 0) is 16.1 Å². The molecule has 1 N–H and O–H groups in total. The Hall–Kier alpha value is -3.07. The lowest BCUT2D eigenvalue weighted by molar-refractivity contribution is -0.125. The highest BCUT2D eigenvalue weighted by atomic mass is 35.5. The molecule has 9 nitrogen and oxygen atoms in total. The zero-order chi connectivity index (χ0) is 25.0. The molecule has 3 heterocycles. The minimum absolute atomic E-state index is 0.0343. The van der Waals surface area contributed by atoms with Crippen LogP contribution in [0, 0.1) is 17.8 Å². The molecule has 0 spiro atoms. The van der Waals surface area contributed by atoms with E-state index in [2.05, 4.69) is 21.9 Å². The van der Waals surface area contributed by atoms with Crippen molar-refractivity contribution in [2.75, 3.05) is 32.6 Å². The van der Waals surface area contributed by atoms with Gasteiger partial charge in [-0.05, 0) is 30.3 Å². The number of nitrogens with one attached hydrogen (secondary N) is 1. The number of amides is 1. The van der Waals surface area contributed by atoms with Crippen LogP contribution in [0.2, 0.25) is 5.15 Å². The van der Waals surface area contributed by atoms with E-state index in [0.29, 0.717) is 60.3 Å². The van der Waals surface area contributed by atoms with Crippen LogP contribution < -0.4 is 11.0 Å². The molecular formula is C24H33ClN6O3. The summed E-state index contributed by atoms with van der Waals surface area (Å²) in [6, 6.07) is 0. The van der Waals surface area contributed by atoms with Gasteiger partial charge in [0, 0.05) is 32.9 Å². The van der Waals surface area contributed by atoms with Crippen LogP contribution in [0.25, 0.3) is 5.65 Å². The van der Waals surface area contributed by atoms with Crippen molar-refractivity contribution < 1.29 is 9.53 Å². The number of nitrogens with zero attached hydrogens (tertiary/aromatic N) is 5. The molecule has 1 saturated heterocycles. The first kappa shape index (κ1) is 25.6. The minimum Gasteiger partial charge on any atom is -0.480 e. The molecule has 1 amide bonds. The molecule has 0 bridgehead atoms. The van der Waals surface area contributed by atoms with Gasteiger partial charge in [0.1, 0.15) is 5.15 Å². The fourth-order valence-corrected chi connectivity index (χ4v) is 4.84. The highest BCUT2D eigenvalue weighted by molar-refractivity contribution is 6.29. The standard InChI is InChI=1S/C22H27ClN6O3.C2H6/c1-5-7-16(21(24-3)32-4)26-17-12-28(22(31)29-18(23)8-25-20(17)29)11-15-13-9-27(10-14(13)15)19(30)6-2;1-2/h6-8,12-15,26H,2,5,9-11H2,1,3-4H3;1-2H3/b16-7+,24-21?;. The van der Waals surface area contributed by atoms with Crippen LogP contribution in [0.3, 0.4) is 0 Å². The molecule has 0 aromatic carbocycles. The van der Waals surface area contributed by atoms with Gasteiger partial charge in [-0.15, -0.1) is 0 Å². The van der Waals surface area contributed by atoms with Gasteiger partial charge < -0.3 is 15.0 Å². The second kappa shape index (κ2) is 10.9. The van der Waals surface area contributed by atoms with Crippen molar-refractivity contribution in [3.63, 3.8) is 0 Å². The third-order valence-corrected chi connectivity index (χ3v) is 6.52. The Morgan fingerprint density at radius 1 is 1.38 bits per heavy atom. The number of aliphatic imine (C=N–C) groups is 1. The number of ether oxygens (including phenoxy) is 1. The van der Waals surface area contributed by atoms with E-state index in [0.717, 1.165) is 6.42 Å². The molecule has 1 saturated carbocycles. The lowest BCUT2D eigenvalue weighted by Gasteiger charge is -2.19. The van der Waals surface area contributed by atoms with E-state index in [1.807, 2.05) is 31.7 Å². The van der Waals surface area contributed by atoms with E-state index in [-0.39, 0.29) is 16.8 Å². The number of piperidine rings is 1. The summed E-state index contributed by atoms with van der Waals surface area (Å²) in [4.78, 5) is 35.3. The van der Waals surface area contributed by atoms with Crippen molar-refractivity contribution in [1.29, 1.82) is 0 Å². The van der Waals surface area contributed by atoms with Gasteiger partial charge in [-0.3, -0.25) is 14.4 Å². The van der Waals surface area contributed by atoms with Crippen molar-refractivity contribution >= 4 is 34.7 Å². The van der Waals surface area contributed by atoms with E-state index in [9.17, 15) is 9.59 Å². The van der Waals surface area contributed by atoms with Crippen molar-refractivity contribution in [3.05, 3.63) is 52.5 Å². The van der Waals surface area contributed by atoms with Gasteiger partial charge in [0.2, 0.25) is 11.8 Å². The molecule has 2 atom stereocenters. The summed E-state index contributed by atoms with van der Waals surface area (Å²) < 4.78 is 8.45. The molecule has 2 aromatic rings. The first-order valence-electron chi connectivity index (χ1n) is 11.6. The summed E-state index contributed by atoms with van der Waals surface area (Å²) in [5.74, 6) is 1.56. The molecule has 2 aromatic heterocycles. The zero-order valence-corrected chi connectivity index (χ0v) is 21.2. The molecule has 1 aliphatic carbocycles. The maximum Gasteiger partial charge on any atom is 0.335 e. The maximum atomic E-state index is 13.2. The number of methoxy groups -OCH3 is 1. The highest BCUT2D eigenvalue weighted by Gasteiger charge is 2.56. The number of imidazole rings is 1. The number of carbonyl (C=O) groups is 1. The zero-order valence-electron chi connectivity index (χ0n) is 20.4. The molecule has 0 radical (unpaired) electrons. The van der Waals surface area contributed by atoms with Crippen molar-refractivity contribution in [3.8, 4) is 0 Å². The first-order valence-corrected chi connectivity index (χ1v) is 12.0. The number of rotatable bonds is 7. The molecule has 34 heavy (non-hydrogen) atoms.